The number of aromatic nitrogens is 2. The maximum absolute atomic E-state index is 6.18. The van der Waals surface area contributed by atoms with Gasteiger partial charge in [-0.2, -0.15) is 4.98 Å². The fourth-order valence-electron chi connectivity index (χ4n) is 2.55. The molecule has 1 fully saturated rings. The number of aryl methyl sites for hydroxylation is 1. The van der Waals surface area contributed by atoms with Crippen molar-refractivity contribution in [3.63, 3.8) is 0 Å². The molecule has 1 unspecified atom stereocenters. The second-order valence-corrected chi connectivity index (χ2v) is 6.39. The topological polar surface area (TPSA) is 68.2 Å². The van der Waals surface area contributed by atoms with E-state index in [1.165, 1.54) is 18.4 Å². The Kier molecular flexibility index (Phi) is 4.37. The molecule has 6 heteroatoms. The van der Waals surface area contributed by atoms with Gasteiger partial charge in [0.2, 0.25) is 0 Å². The minimum atomic E-state index is -0.200. The number of hydrogen-bond donors (Lipinski definition) is 1. The Hall–Kier alpha value is -1.24. The molecule has 1 aliphatic heterocycles. The second-order valence-electron chi connectivity index (χ2n) is 5.54. The van der Waals surface area contributed by atoms with E-state index in [1.54, 1.807) is 0 Å². The van der Waals surface area contributed by atoms with Gasteiger partial charge in [-0.1, -0.05) is 27.2 Å². The van der Waals surface area contributed by atoms with Gasteiger partial charge in [0.15, 0.2) is 5.82 Å². The lowest BCUT2D eigenvalue weighted by Gasteiger charge is -2.17. The van der Waals surface area contributed by atoms with Gasteiger partial charge in [0, 0.05) is 16.6 Å². The molecule has 1 aromatic carbocycles. The Balaban J connectivity index is 1.74. The second kappa shape index (κ2) is 6.25. The lowest BCUT2D eigenvalue weighted by Crippen LogP contribution is -2.30. The molecule has 5 nitrogen and oxygen atoms in total. The van der Waals surface area contributed by atoms with Crippen molar-refractivity contribution in [1.29, 1.82) is 0 Å². The summed E-state index contributed by atoms with van der Waals surface area (Å²) in [6, 6.07) is 5.78. The van der Waals surface area contributed by atoms with E-state index in [1.807, 2.05) is 25.1 Å². The van der Waals surface area contributed by atoms with Crippen LogP contribution in [0.4, 0.5) is 0 Å². The summed E-state index contributed by atoms with van der Waals surface area (Å²) >= 11 is 3.52. The Morgan fingerprint density at radius 3 is 2.86 bits per heavy atom. The fraction of sp³-hybridized carbons (Fsp3) is 0.467. The van der Waals surface area contributed by atoms with Crippen molar-refractivity contribution in [2.24, 2.45) is 5.73 Å². The maximum atomic E-state index is 6.18. The first-order valence-electron chi connectivity index (χ1n) is 7.21. The predicted molar refractivity (Wildman–Crippen MR) is 84.8 cm³/mol. The smallest absolute Gasteiger partial charge is 0.258 e. The molecule has 2 aromatic rings. The molecule has 1 aromatic heterocycles. The number of rotatable bonds is 4. The summed E-state index contributed by atoms with van der Waals surface area (Å²) in [5, 5.41) is 4.03. The van der Waals surface area contributed by atoms with Crippen molar-refractivity contribution >= 4 is 15.9 Å². The Labute approximate surface area is 132 Å². The van der Waals surface area contributed by atoms with E-state index in [4.69, 9.17) is 10.3 Å². The molecule has 1 saturated heterocycles. The Morgan fingerprint density at radius 2 is 2.14 bits per heavy atom. The van der Waals surface area contributed by atoms with Crippen molar-refractivity contribution in [2.75, 3.05) is 19.6 Å². The van der Waals surface area contributed by atoms with Gasteiger partial charge in [0.1, 0.15) is 0 Å². The number of nitrogens with zero attached hydrogens (tertiary/aromatic N) is 3. The van der Waals surface area contributed by atoms with Gasteiger partial charge >= 0.3 is 0 Å². The molecule has 2 heterocycles. The number of likely N-dealkylation sites (tertiary alicyclic amines) is 1. The van der Waals surface area contributed by atoms with E-state index in [2.05, 4.69) is 31.0 Å². The van der Waals surface area contributed by atoms with Gasteiger partial charge in [-0.3, -0.25) is 0 Å². The molecule has 0 aliphatic carbocycles. The van der Waals surface area contributed by atoms with Crippen molar-refractivity contribution in [1.82, 2.24) is 15.0 Å². The molecule has 0 bridgehead atoms. The molecular weight excluding hydrogens is 332 g/mol. The monoisotopic (exact) mass is 350 g/mol. The largest absolute Gasteiger partial charge is 0.334 e. The molecular formula is C15H19BrN4O. The standard InChI is InChI=1S/C15H19BrN4O/c1-10-4-5-11(8-12(10)16)15-18-14(19-21-15)13(17)9-20-6-2-3-7-20/h4-5,8,13H,2-3,6-7,9,17H2,1H3. The summed E-state index contributed by atoms with van der Waals surface area (Å²) in [7, 11) is 0. The van der Waals surface area contributed by atoms with E-state index in [-0.39, 0.29) is 6.04 Å². The minimum Gasteiger partial charge on any atom is -0.334 e. The first kappa shape index (κ1) is 14.7. The van der Waals surface area contributed by atoms with Crippen LogP contribution in [0.1, 0.15) is 30.3 Å². The zero-order valence-corrected chi connectivity index (χ0v) is 13.6. The van der Waals surface area contributed by atoms with Gasteiger partial charge in [0.05, 0.1) is 6.04 Å². The van der Waals surface area contributed by atoms with E-state index >= 15 is 0 Å². The van der Waals surface area contributed by atoms with E-state index < -0.39 is 0 Å². The number of halogens is 1. The van der Waals surface area contributed by atoms with Crippen LogP contribution in [-0.4, -0.2) is 34.7 Å². The van der Waals surface area contributed by atoms with Gasteiger partial charge in [-0.05, 0) is 50.6 Å². The Bertz CT molecular complexity index is 622. The van der Waals surface area contributed by atoms with Crippen molar-refractivity contribution in [2.45, 2.75) is 25.8 Å². The third-order valence-electron chi connectivity index (χ3n) is 3.85. The minimum absolute atomic E-state index is 0.200. The van der Waals surface area contributed by atoms with Crippen LogP contribution < -0.4 is 5.73 Å². The number of hydrogen-bond acceptors (Lipinski definition) is 5. The summed E-state index contributed by atoms with van der Waals surface area (Å²) in [6.07, 6.45) is 2.50. The number of benzene rings is 1. The van der Waals surface area contributed by atoms with Crippen LogP contribution in [0, 0.1) is 6.92 Å². The van der Waals surface area contributed by atoms with Crippen LogP contribution in [0.15, 0.2) is 27.2 Å². The summed E-state index contributed by atoms with van der Waals surface area (Å²) in [5.74, 6) is 1.09. The lowest BCUT2D eigenvalue weighted by atomic mass is 10.1. The first-order chi connectivity index (χ1) is 10.1. The molecule has 0 saturated carbocycles. The van der Waals surface area contributed by atoms with Crippen molar-refractivity contribution < 1.29 is 4.52 Å². The highest BCUT2D eigenvalue weighted by atomic mass is 79.9. The lowest BCUT2D eigenvalue weighted by molar-refractivity contribution is 0.306. The summed E-state index contributed by atoms with van der Waals surface area (Å²) in [4.78, 5) is 6.79. The van der Waals surface area contributed by atoms with Crippen LogP contribution in [-0.2, 0) is 0 Å². The quantitative estimate of drug-likeness (QED) is 0.917. The SMILES string of the molecule is Cc1ccc(-c2nc(C(N)CN3CCCC3)no2)cc1Br. The molecule has 0 spiro atoms. The summed E-state index contributed by atoms with van der Waals surface area (Å²) in [5.41, 5.74) is 8.26. The highest BCUT2D eigenvalue weighted by Crippen LogP contribution is 2.25. The van der Waals surface area contributed by atoms with E-state index in [9.17, 15) is 0 Å². The van der Waals surface area contributed by atoms with E-state index in [0.717, 1.165) is 29.7 Å². The van der Waals surface area contributed by atoms with Crippen molar-refractivity contribution in [3.8, 4) is 11.5 Å². The maximum Gasteiger partial charge on any atom is 0.258 e. The molecule has 2 N–H and O–H groups in total. The van der Waals surface area contributed by atoms with Gasteiger partial charge in [-0.25, -0.2) is 0 Å². The fourth-order valence-corrected chi connectivity index (χ4v) is 2.93. The molecule has 0 radical (unpaired) electrons. The molecule has 3 rings (SSSR count). The van der Waals surface area contributed by atoms with Crippen LogP contribution in [0.3, 0.4) is 0 Å². The normalized spacial score (nSPS) is 17.3. The van der Waals surface area contributed by atoms with Gasteiger partial charge < -0.3 is 15.2 Å². The third kappa shape index (κ3) is 3.33. The average molecular weight is 351 g/mol. The molecule has 0 amide bonds. The molecule has 112 valence electrons. The highest BCUT2D eigenvalue weighted by molar-refractivity contribution is 9.10. The van der Waals surface area contributed by atoms with Crippen LogP contribution in [0.2, 0.25) is 0 Å². The van der Waals surface area contributed by atoms with E-state index in [0.29, 0.717) is 11.7 Å². The van der Waals surface area contributed by atoms with Crippen LogP contribution in [0.25, 0.3) is 11.5 Å². The van der Waals surface area contributed by atoms with Crippen LogP contribution >= 0.6 is 15.9 Å². The summed E-state index contributed by atoms with van der Waals surface area (Å²) < 4.78 is 6.38. The average Bonchev–Trinajstić information content (AvgIpc) is 3.12. The molecule has 1 aliphatic rings. The van der Waals surface area contributed by atoms with Gasteiger partial charge in [0.25, 0.3) is 5.89 Å². The third-order valence-corrected chi connectivity index (χ3v) is 4.70. The van der Waals surface area contributed by atoms with Crippen molar-refractivity contribution in [3.05, 3.63) is 34.1 Å². The zero-order valence-electron chi connectivity index (χ0n) is 12.1. The summed E-state index contributed by atoms with van der Waals surface area (Å²) in [6.45, 7) is 5.06. The van der Waals surface area contributed by atoms with Crippen LogP contribution in [0.5, 0.6) is 0 Å². The predicted octanol–water partition coefficient (Wildman–Crippen LogP) is 2.90. The number of nitrogens with two attached hydrogens (primary N) is 1. The Morgan fingerprint density at radius 1 is 1.38 bits per heavy atom. The molecule has 21 heavy (non-hydrogen) atoms. The molecule has 1 atom stereocenters. The highest BCUT2D eigenvalue weighted by Gasteiger charge is 2.20. The zero-order chi connectivity index (χ0) is 14.8. The first-order valence-corrected chi connectivity index (χ1v) is 8.01. The van der Waals surface area contributed by atoms with Gasteiger partial charge in [-0.15, -0.1) is 0 Å².